The predicted octanol–water partition coefficient (Wildman–Crippen LogP) is 21.9. The number of carbonyl (C=O) groups is 3. The van der Waals surface area contributed by atoms with Crippen LogP contribution < -0.4 is 0 Å². The van der Waals surface area contributed by atoms with Crippen LogP contribution >= 0.6 is 0 Å². The highest BCUT2D eigenvalue weighted by Crippen LogP contribution is 2.18. The molecule has 1 atom stereocenters. The second-order valence-electron chi connectivity index (χ2n) is 21.3. The smallest absolute Gasteiger partial charge is 0.306 e. The summed E-state index contributed by atoms with van der Waals surface area (Å²) in [5, 5.41) is 0. The highest BCUT2D eigenvalue weighted by atomic mass is 16.6. The fourth-order valence-corrected chi connectivity index (χ4v) is 9.18. The van der Waals surface area contributed by atoms with Gasteiger partial charge in [-0.3, -0.25) is 14.4 Å². The zero-order valence-electron chi connectivity index (χ0n) is 49.6. The molecule has 0 spiro atoms. The molecule has 0 aliphatic heterocycles. The molecule has 0 bridgehead atoms. The molecule has 0 aliphatic carbocycles. The van der Waals surface area contributed by atoms with Gasteiger partial charge in [-0.05, 0) is 77.0 Å². The van der Waals surface area contributed by atoms with Gasteiger partial charge >= 0.3 is 17.9 Å². The molecule has 0 rings (SSSR count). The number of hydrogen-bond donors (Lipinski definition) is 0. The minimum absolute atomic E-state index is 0.113. The van der Waals surface area contributed by atoms with Crippen LogP contribution in [-0.2, 0) is 28.6 Å². The number of carbonyl (C=O) groups excluding carboxylic acids is 3. The highest BCUT2D eigenvalue weighted by Gasteiger charge is 2.19. The van der Waals surface area contributed by atoms with Crippen LogP contribution in [0.15, 0.2) is 85.1 Å². The standard InChI is InChI=1S/C69H120O6/c1-4-7-10-13-16-19-22-25-26-27-28-29-30-31-32-33-34-35-36-37-38-39-40-41-42-45-47-50-53-56-59-62-68(71)74-65-66(75-69(72)63-60-57-54-51-48-44-24-21-18-15-12-9-6-3)64-73-67(70)61-58-55-52-49-46-43-23-20-17-14-11-8-5-2/h8-9,11-12,17-18,20-21,43-44,46,48,54,57,66H,4-7,10,13-16,19,22-42,45,47,49-53,55-56,58-65H2,1-3H3/b11-8-,12-9-,20-17-,21-18-,46-43-,48-44-,57-54-. The lowest BCUT2D eigenvalue weighted by molar-refractivity contribution is -0.166. The lowest BCUT2D eigenvalue weighted by Gasteiger charge is -2.18. The molecule has 0 aromatic rings. The molecule has 0 heterocycles. The first-order valence-electron chi connectivity index (χ1n) is 32.1. The van der Waals surface area contributed by atoms with E-state index >= 15 is 0 Å². The minimum atomic E-state index is -0.826. The first-order valence-corrected chi connectivity index (χ1v) is 32.1. The number of esters is 3. The molecule has 1 unspecified atom stereocenters. The van der Waals surface area contributed by atoms with Crippen molar-refractivity contribution in [3.63, 3.8) is 0 Å². The fraction of sp³-hybridized carbons (Fsp3) is 0.754. The van der Waals surface area contributed by atoms with E-state index in [9.17, 15) is 14.4 Å². The van der Waals surface area contributed by atoms with Gasteiger partial charge in [0.25, 0.3) is 0 Å². The number of hydrogen-bond acceptors (Lipinski definition) is 6. The van der Waals surface area contributed by atoms with Gasteiger partial charge in [0.15, 0.2) is 6.10 Å². The van der Waals surface area contributed by atoms with Gasteiger partial charge in [0, 0.05) is 19.3 Å². The lowest BCUT2D eigenvalue weighted by Crippen LogP contribution is -2.30. The van der Waals surface area contributed by atoms with Crippen molar-refractivity contribution >= 4 is 17.9 Å². The molecule has 6 nitrogen and oxygen atoms in total. The molecule has 6 heteroatoms. The molecule has 0 amide bonds. The summed E-state index contributed by atoms with van der Waals surface area (Å²) in [6.45, 7) is 6.35. The molecule has 0 fully saturated rings. The zero-order valence-corrected chi connectivity index (χ0v) is 49.6. The summed E-state index contributed by atoms with van der Waals surface area (Å²) in [5.41, 5.74) is 0. The summed E-state index contributed by atoms with van der Waals surface area (Å²) < 4.78 is 16.8. The van der Waals surface area contributed by atoms with Gasteiger partial charge in [0.2, 0.25) is 0 Å². The molecular weight excluding hydrogens is 925 g/mol. The van der Waals surface area contributed by atoms with Crippen LogP contribution in [0.1, 0.15) is 316 Å². The largest absolute Gasteiger partial charge is 0.462 e. The Bertz CT molecular complexity index is 1430. The third-order valence-corrected chi connectivity index (χ3v) is 13.9. The first-order chi connectivity index (χ1) is 37.0. The van der Waals surface area contributed by atoms with Crippen LogP contribution in [0.25, 0.3) is 0 Å². The Hall–Kier alpha value is -3.41. The second kappa shape index (κ2) is 63.1. The van der Waals surface area contributed by atoms with Crippen molar-refractivity contribution in [2.45, 2.75) is 322 Å². The van der Waals surface area contributed by atoms with Gasteiger partial charge in [-0.2, -0.15) is 0 Å². The molecule has 0 saturated heterocycles. The van der Waals surface area contributed by atoms with E-state index in [4.69, 9.17) is 14.2 Å². The van der Waals surface area contributed by atoms with E-state index in [0.29, 0.717) is 19.3 Å². The van der Waals surface area contributed by atoms with Gasteiger partial charge < -0.3 is 14.2 Å². The topological polar surface area (TPSA) is 78.9 Å². The van der Waals surface area contributed by atoms with Crippen molar-refractivity contribution in [3.05, 3.63) is 85.1 Å². The molecule has 0 aromatic carbocycles. The van der Waals surface area contributed by atoms with E-state index in [2.05, 4.69) is 93.7 Å². The van der Waals surface area contributed by atoms with Gasteiger partial charge in [0.05, 0.1) is 0 Å². The summed E-state index contributed by atoms with van der Waals surface area (Å²) in [4.78, 5) is 38.1. The Labute approximate surface area is 465 Å². The number of rotatable bonds is 58. The summed E-state index contributed by atoms with van der Waals surface area (Å²) in [7, 11) is 0. The zero-order chi connectivity index (χ0) is 54.3. The monoisotopic (exact) mass is 1040 g/mol. The predicted molar refractivity (Wildman–Crippen MR) is 325 cm³/mol. The number of ether oxygens (including phenoxy) is 3. The summed E-state index contributed by atoms with van der Waals surface area (Å²) in [5.74, 6) is -1.02. The maximum Gasteiger partial charge on any atom is 0.306 e. The Balaban J connectivity index is 4.15. The van der Waals surface area contributed by atoms with Crippen LogP contribution in [0.3, 0.4) is 0 Å². The lowest BCUT2D eigenvalue weighted by atomic mass is 10.0. The van der Waals surface area contributed by atoms with E-state index in [1.807, 2.05) is 12.2 Å². The Morgan fingerprint density at radius 3 is 0.867 bits per heavy atom. The molecule has 0 aromatic heterocycles. The molecule has 0 aliphatic rings. The molecule has 0 radical (unpaired) electrons. The van der Waals surface area contributed by atoms with Crippen LogP contribution in [0, 0.1) is 0 Å². The average Bonchev–Trinajstić information content (AvgIpc) is 3.41. The molecule has 0 N–H and O–H groups in total. The van der Waals surface area contributed by atoms with Crippen LogP contribution in [0.4, 0.5) is 0 Å². The van der Waals surface area contributed by atoms with E-state index in [0.717, 1.165) is 89.9 Å². The molecule has 0 saturated carbocycles. The van der Waals surface area contributed by atoms with Crippen molar-refractivity contribution in [2.75, 3.05) is 13.2 Å². The SMILES string of the molecule is CC/C=C\C/C=C\C/C=C\C/C=C\CCC(=O)OC(COC(=O)CCCCC/C=C\C/C=C\C/C=C\CC)COC(=O)CCCCCCCCCCCCCCCCCCCCCCCCCCCCCCCCC. The maximum atomic E-state index is 12.8. The van der Waals surface area contributed by atoms with Crippen molar-refractivity contribution in [1.29, 1.82) is 0 Å². The van der Waals surface area contributed by atoms with E-state index in [-0.39, 0.29) is 31.6 Å². The maximum absolute atomic E-state index is 12.8. The summed E-state index contributed by atoms with van der Waals surface area (Å²) in [6.07, 6.45) is 83.6. The molecule has 75 heavy (non-hydrogen) atoms. The second-order valence-corrected chi connectivity index (χ2v) is 21.3. The Morgan fingerprint density at radius 1 is 0.280 bits per heavy atom. The number of allylic oxidation sites excluding steroid dienone is 14. The Morgan fingerprint density at radius 2 is 0.547 bits per heavy atom. The van der Waals surface area contributed by atoms with Gasteiger partial charge in [0.1, 0.15) is 13.2 Å². The van der Waals surface area contributed by atoms with Gasteiger partial charge in [-0.25, -0.2) is 0 Å². The van der Waals surface area contributed by atoms with Crippen molar-refractivity contribution < 1.29 is 28.6 Å². The third-order valence-electron chi connectivity index (χ3n) is 13.9. The average molecular weight is 1050 g/mol. The summed E-state index contributed by atoms with van der Waals surface area (Å²) in [6, 6.07) is 0. The van der Waals surface area contributed by atoms with Gasteiger partial charge in [-0.15, -0.1) is 0 Å². The quantitative estimate of drug-likeness (QED) is 0.0261. The minimum Gasteiger partial charge on any atom is -0.462 e. The third kappa shape index (κ3) is 61.3. The number of unbranched alkanes of at least 4 members (excludes halogenated alkanes) is 33. The van der Waals surface area contributed by atoms with Crippen molar-refractivity contribution in [3.8, 4) is 0 Å². The normalized spacial score (nSPS) is 12.6. The first kappa shape index (κ1) is 71.6. The highest BCUT2D eigenvalue weighted by molar-refractivity contribution is 5.71. The Kier molecular flexibility index (Phi) is 60.3. The van der Waals surface area contributed by atoms with E-state index < -0.39 is 12.1 Å². The van der Waals surface area contributed by atoms with Crippen LogP contribution in [-0.4, -0.2) is 37.2 Å². The van der Waals surface area contributed by atoms with Gasteiger partial charge in [-0.1, -0.05) is 305 Å². The summed E-state index contributed by atoms with van der Waals surface area (Å²) >= 11 is 0. The van der Waals surface area contributed by atoms with E-state index in [1.165, 1.54) is 180 Å². The van der Waals surface area contributed by atoms with Crippen molar-refractivity contribution in [2.24, 2.45) is 0 Å². The molecule has 432 valence electrons. The molecular formula is C69H120O6. The fourth-order valence-electron chi connectivity index (χ4n) is 9.18. The van der Waals surface area contributed by atoms with E-state index in [1.54, 1.807) is 0 Å². The van der Waals surface area contributed by atoms with Crippen molar-refractivity contribution in [1.82, 2.24) is 0 Å². The van der Waals surface area contributed by atoms with Crippen LogP contribution in [0.5, 0.6) is 0 Å². The van der Waals surface area contributed by atoms with Crippen LogP contribution in [0.2, 0.25) is 0 Å².